The Bertz CT molecular complexity index is 131. The highest BCUT2D eigenvalue weighted by Gasteiger charge is 2.19. The van der Waals surface area contributed by atoms with Crippen LogP contribution in [0.2, 0.25) is 0 Å². The average molecular weight is 239 g/mol. The van der Waals surface area contributed by atoms with Crippen LogP contribution in [-0.2, 0) is 0 Å². The van der Waals surface area contributed by atoms with Gasteiger partial charge in [0, 0.05) is 0 Å². The van der Waals surface area contributed by atoms with Gasteiger partial charge in [-0.15, -0.1) is 0 Å². The zero-order valence-corrected chi connectivity index (χ0v) is 12.9. The summed E-state index contributed by atoms with van der Waals surface area (Å²) in [6.45, 7) is 9.30. The van der Waals surface area contributed by atoms with Crippen LogP contribution in [0.5, 0.6) is 0 Å². The van der Waals surface area contributed by atoms with Crippen LogP contribution >= 0.6 is 0 Å². The molecule has 0 aliphatic rings. The highest BCUT2D eigenvalue weighted by Crippen LogP contribution is 2.33. The second kappa shape index (κ2) is 12.5. The van der Waals surface area contributed by atoms with Crippen LogP contribution in [0.1, 0.15) is 98.3 Å². The van der Waals surface area contributed by atoms with Crippen molar-refractivity contribution in [2.24, 2.45) is 5.92 Å². The first-order valence-corrected chi connectivity index (χ1v) is 8.14. The zero-order valence-electron chi connectivity index (χ0n) is 12.9. The van der Waals surface area contributed by atoms with E-state index in [1.54, 1.807) is 0 Å². The molecule has 0 aliphatic carbocycles. The molecule has 0 atom stereocenters. The van der Waals surface area contributed by atoms with Crippen molar-refractivity contribution in [1.29, 1.82) is 0 Å². The fourth-order valence-corrected chi connectivity index (χ4v) is 2.71. The van der Waals surface area contributed by atoms with E-state index in [1.807, 2.05) is 5.92 Å². The van der Waals surface area contributed by atoms with Crippen LogP contribution < -0.4 is 0 Å². The normalized spacial score (nSPS) is 11.6. The van der Waals surface area contributed by atoms with Gasteiger partial charge in [0.15, 0.2) is 0 Å². The molecular weight excluding hydrogens is 204 g/mol. The van der Waals surface area contributed by atoms with Crippen molar-refractivity contribution in [1.82, 2.24) is 0 Å². The molecule has 0 bridgehead atoms. The lowest BCUT2D eigenvalue weighted by molar-refractivity contribution is 0.389. The van der Waals surface area contributed by atoms with Gasteiger partial charge in [-0.05, 0) is 37.5 Å². The fourth-order valence-electron chi connectivity index (χ4n) is 2.71. The Morgan fingerprint density at radius 3 is 1.59 bits per heavy atom. The van der Waals surface area contributed by atoms with E-state index in [1.165, 1.54) is 70.6 Å². The summed E-state index contributed by atoms with van der Waals surface area (Å²) in [6, 6.07) is 0. The Labute approximate surface area is 111 Å². The summed E-state index contributed by atoms with van der Waals surface area (Å²) in [5, 5.41) is 0. The number of rotatable bonds is 12. The van der Waals surface area contributed by atoms with Gasteiger partial charge in [-0.25, -0.2) is 0 Å². The van der Waals surface area contributed by atoms with Crippen LogP contribution in [-0.4, -0.2) is 0 Å². The summed E-state index contributed by atoms with van der Waals surface area (Å²) in [7, 11) is 0. The Balaban J connectivity index is 4.20. The molecule has 0 amide bonds. The van der Waals surface area contributed by atoms with Crippen molar-refractivity contribution >= 4 is 0 Å². The maximum absolute atomic E-state index is 2.34. The van der Waals surface area contributed by atoms with E-state index in [0.717, 1.165) is 5.92 Å². The maximum atomic E-state index is 2.34. The predicted octanol–water partition coefficient (Wildman–Crippen LogP) is 6.55. The van der Waals surface area contributed by atoms with Gasteiger partial charge in [0.05, 0.1) is 0 Å². The van der Waals surface area contributed by atoms with E-state index in [9.17, 15) is 0 Å². The molecule has 0 heterocycles. The molecule has 0 unspecified atom stereocenters. The topological polar surface area (TPSA) is 0 Å². The molecule has 0 aromatic heterocycles. The smallest absolute Gasteiger partial charge is 0.0210 e. The van der Waals surface area contributed by atoms with Gasteiger partial charge in [-0.2, -0.15) is 0 Å². The summed E-state index contributed by atoms with van der Waals surface area (Å²) in [4.78, 5) is 0. The van der Waals surface area contributed by atoms with E-state index in [2.05, 4.69) is 27.7 Å². The first-order valence-electron chi connectivity index (χ1n) is 8.14. The minimum Gasteiger partial charge on any atom is -0.0654 e. The van der Waals surface area contributed by atoms with Crippen molar-refractivity contribution in [2.45, 2.75) is 98.3 Å². The lowest BCUT2D eigenvalue weighted by atomic mass is 9.79. The van der Waals surface area contributed by atoms with Gasteiger partial charge in [0.25, 0.3) is 0 Å². The van der Waals surface area contributed by atoms with E-state index >= 15 is 0 Å². The Morgan fingerprint density at radius 1 is 0.647 bits per heavy atom. The molecule has 0 spiro atoms. The van der Waals surface area contributed by atoms with E-state index in [0.29, 0.717) is 0 Å². The quantitative estimate of drug-likeness (QED) is 0.362. The summed E-state index contributed by atoms with van der Waals surface area (Å²) < 4.78 is 0. The van der Waals surface area contributed by atoms with Crippen molar-refractivity contribution in [2.75, 3.05) is 0 Å². The predicted molar refractivity (Wildman–Crippen MR) is 80.2 cm³/mol. The van der Waals surface area contributed by atoms with Crippen LogP contribution in [0.4, 0.5) is 0 Å². The minimum absolute atomic E-state index is 0.946. The van der Waals surface area contributed by atoms with Crippen molar-refractivity contribution < 1.29 is 0 Å². The van der Waals surface area contributed by atoms with Gasteiger partial charge in [-0.1, -0.05) is 72.6 Å². The first kappa shape index (κ1) is 17.0. The van der Waals surface area contributed by atoms with Gasteiger partial charge in [0.2, 0.25) is 0 Å². The Kier molecular flexibility index (Phi) is 12.5. The van der Waals surface area contributed by atoms with Crippen LogP contribution in [0, 0.1) is 11.8 Å². The highest BCUT2D eigenvalue weighted by atomic mass is 14.2. The summed E-state index contributed by atoms with van der Waals surface area (Å²) in [5.74, 6) is 2.85. The third-order valence-electron chi connectivity index (χ3n) is 3.81. The minimum atomic E-state index is 0.946. The highest BCUT2D eigenvalue weighted by molar-refractivity contribution is 4.95. The van der Waals surface area contributed by atoms with E-state index < -0.39 is 0 Å². The molecule has 0 heteroatoms. The molecule has 1 radical (unpaired) electrons. The molecule has 0 N–H and O–H groups in total. The van der Waals surface area contributed by atoms with E-state index in [4.69, 9.17) is 0 Å². The molecular formula is C17H35. The molecule has 0 saturated carbocycles. The van der Waals surface area contributed by atoms with Crippen LogP contribution in [0.15, 0.2) is 0 Å². The molecule has 0 rings (SSSR count). The molecule has 0 aromatic rings. The summed E-state index contributed by atoms with van der Waals surface area (Å²) >= 11 is 0. The Morgan fingerprint density at radius 2 is 1.18 bits per heavy atom. The Hall–Kier alpha value is 0. The molecule has 103 valence electrons. The first-order chi connectivity index (χ1) is 8.29. The molecule has 0 saturated heterocycles. The van der Waals surface area contributed by atoms with Crippen molar-refractivity contribution in [3.8, 4) is 0 Å². The second-order valence-corrected chi connectivity index (χ2v) is 5.49. The van der Waals surface area contributed by atoms with E-state index in [-0.39, 0.29) is 0 Å². The molecule has 0 nitrogen and oxygen atoms in total. The average Bonchev–Trinajstić information content (AvgIpc) is 2.35. The maximum Gasteiger partial charge on any atom is -0.0210 e. The molecule has 0 aliphatic heterocycles. The molecule has 17 heavy (non-hydrogen) atoms. The lowest BCUT2D eigenvalue weighted by Gasteiger charge is -2.26. The van der Waals surface area contributed by atoms with Gasteiger partial charge in [-0.3, -0.25) is 0 Å². The molecule has 0 aromatic carbocycles. The van der Waals surface area contributed by atoms with Crippen molar-refractivity contribution in [3.63, 3.8) is 0 Å². The number of hydrogen-bond acceptors (Lipinski definition) is 0. The van der Waals surface area contributed by atoms with Crippen molar-refractivity contribution in [3.05, 3.63) is 5.92 Å². The van der Waals surface area contributed by atoms with Gasteiger partial charge >= 0.3 is 0 Å². The molecule has 0 fully saturated rings. The third kappa shape index (κ3) is 8.69. The SMILES string of the molecule is CCCC[C](CCC)C(CCCC)CCCC. The fraction of sp³-hybridized carbons (Fsp3) is 0.941. The van der Waals surface area contributed by atoms with Crippen LogP contribution in [0.3, 0.4) is 0 Å². The monoisotopic (exact) mass is 239 g/mol. The number of hydrogen-bond donors (Lipinski definition) is 0. The standard InChI is InChI=1S/C17H35/c1-5-9-13-16(12-8-4)17(14-10-6-2)15-11-7-3/h17H,5-15H2,1-4H3. The third-order valence-corrected chi connectivity index (χ3v) is 3.81. The zero-order chi connectivity index (χ0) is 12.9. The van der Waals surface area contributed by atoms with Crippen LogP contribution in [0.25, 0.3) is 0 Å². The summed E-state index contributed by atoms with van der Waals surface area (Å²) in [6.07, 6.45) is 15.4. The lowest BCUT2D eigenvalue weighted by Crippen LogP contribution is -2.13. The van der Waals surface area contributed by atoms with Gasteiger partial charge in [0.1, 0.15) is 0 Å². The summed E-state index contributed by atoms with van der Waals surface area (Å²) in [5.41, 5.74) is 0. The second-order valence-electron chi connectivity index (χ2n) is 5.49. The largest absolute Gasteiger partial charge is 0.0654 e. The van der Waals surface area contributed by atoms with Gasteiger partial charge < -0.3 is 0 Å². The number of unbranched alkanes of at least 4 members (excludes halogenated alkanes) is 3.